The van der Waals surface area contributed by atoms with Gasteiger partial charge in [-0.2, -0.15) is 13.4 Å². The fourth-order valence-corrected chi connectivity index (χ4v) is 2.73. The second-order valence-corrected chi connectivity index (χ2v) is 5.29. The second-order valence-electron chi connectivity index (χ2n) is 3.43. The van der Waals surface area contributed by atoms with Gasteiger partial charge in [0.25, 0.3) is 0 Å². The monoisotopic (exact) mass is 287 g/mol. The Hall–Kier alpha value is -1.60. The van der Waals surface area contributed by atoms with Crippen molar-refractivity contribution < 1.29 is 13.2 Å². The van der Waals surface area contributed by atoms with E-state index in [0.29, 0.717) is 0 Å². The minimum absolute atomic E-state index is 0.0754. The molecule has 0 bridgehead atoms. The predicted octanol–water partition coefficient (Wildman–Crippen LogP) is 1.34. The van der Waals surface area contributed by atoms with Crippen LogP contribution in [0.2, 0.25) is 0 Å². The summed E-state index contributed by atoms with van der Waals surface area (Å²) in [5.74, 6) is 0. The van der Waals surface area contributed by atoms with Gasteiger partial charge in [0.15, 0.2) is 0 Å². The van der Waals surface area contributed by atoms with Crippen molar-refractivity contribution in [1.29, 1.82) is 0 Å². The van der Waals surface area contributed by atoms with Crippen molar-refractivity contribution in [1.82, 2.24) is 4.31 Å². The summed E-state index contributed by atoms with van der Waals surface area (Å²) in [7, 11) is -2.63. The second kappa shape index (κ2) is 4.95. The minimum atomic E-state index is -3.90. The summed E-state index contributed by atoms with van der Waals surface area (Å²) in [4.78, 5) is 3.73. The summed E-state index contributed by atoms with van der Waals surface area (Å²) in [5, 5.41) is -0.189. The summed E-state index contributed by atoms with van der Waals surface area (Å²) in [5.41, 5.74) is 0.783. The van der Waals surface area contributed by atoms with Gasteiger partial charge in [-0.1, -0.05) is 34.7 Å². The first-order chi connectivity index (χ1) is 8.53. The van der Waals surface area contributed by atoms with Gasteiger partial charge in [-0.05, 0) is 17.2 Å². The third-order valence-electron chi connectivity index (χ3n) is 2.22. The topological polar surface area (TPSA) is 71.3 Å². The highest BCUT2D eigenvalue weighted by molar-refractivity contribution is 7.88. The highest BCUT2D eigenvalue weighted by atomic mass is 35.5. The average Bonchev–Trinajstić information content (AvgIpc) is 2.34. The maximum atomic E-state index is 11.9. The largest absolute Gasteiger partial charge is 0.466 e. The zero-order valence-electron chi connectivity index (χ0n) is 9.45. The number of halogens is 1. The maximum absolute atomic E-state index is 11.9. The number of amidine groups is 2. The molecule has 1 aliphatic rings. The molecule has 0 N–H and O–H groups in total. The van der Waals surface area contributed by atoms with Gasteiger partial charge in [0.05, 0.1) is 13.7 Å². The summed E-state index contributed by atoms with van der Waals surface area (Å²) in [6, 6.07) is 8.75. The molecule has 1 heterocycles. The van der Waals surface area contributed by atoms with Crippen LogP contribution in [0.5, 0.6) is 0 Å². The first-order valence-corrected chi connectivity index (χ1v) is 6.75. The molecule has 0 radical (unpaired) electrons. The summed E-state index contributed by atoms with van der Waals surface area (Å²) in [6.07, 6.45) is 0. The van der Waals surface area contributed by atoms with Gasteiger partial charge in [0.1, 0.15) is 0 Å². The van der Waals surface area contributed by atoms with E-state index in [9.17, 15) is 8.42 Å². The standard InChI is InChI=1S/C10H10ClN3O3S/c1-17-10-12-9(11)14(18(15,16)13-10)7-8-5-3-2-4-6-8/h2-6H,7H2,1H3. The number of nitrogens with zero attached hydrogens (tertiary/aromatic N) is 3. The van der Waals surface area contributed by atoms with Crippen molar-refractivity contribution in [3.63, 3.8) is 0 Å². The molecule has 6 nitrogen and oxygen atoms in total. The van der Waals surface area contributed by atoms with Crippen LogP contribution in [0.4, 0.5) is 0 Å². The van der Waals surface area contributed by atoms with Gasteiger partial charge < -0.3 is 4.74 Å². The fourth-order valence-electron chi connectivity index (χ4n) is 1.38. The Kier molecular flexibility index (Phi) is 3.53. The number of aliphatic imine (C=N–C) groups is 1. The molecule has 0 spiro atoms. The van der Waals surface area contributed by atoms with Crippen LogP contribution in [0.15, 0.2) is 39.7 Å². The highest BCUT2D eigenvalue weighted by Crippen LogP contribution is 2.17. The number of rotatable bonds is 2. The van der Waals surface area contributed by atoms with E-state index in [2.05, 4.69) is 14.1 Å². The predicted molar refractivity (Wildman–Crippen MR) is 68.6 cm³/mol. The van der Waals surface area contributed by atoms with E-state index in [1.807, 2.05) is 6.07 Å². The van der Waals surface area contributed by atoms with E-state index in [1.54, 1.807) is 24.3 Å². The van der Waals surface area contributed by atoms with Gasteiger partial charge in [0, 0.05) is 0 Å². The Labute approximate surface area is 110 Å². The molecule has 18 heavy (non-hydrogen) atoms. The van der Waals surface area contributed by atoms with Crippen LogP contribution >= 0.6 is 11.6 Å². The lowest BCUT2D eigenvalue weighted by Gasteiger charge is -2.22. The van der Waals surface area contributed by atoms with E-state index >= 15 is 0 Å². The summed E-state index contributed by atoms with van der Waals surface area (Å²) in [6.45, 7) is 0.0754. The third-order valence-corrected chi connectivity index (χ3v) is 3.85. The van der Waals surface area contributed by atoms with Crippen molar-refractivity contribution in [3.05, 3.63) is 35.9 Å². The van der Waals surface area contributed by atoms with Crippen LogP contribution in [0.3, 0.4) is 0 Å². The van der Waals surface area contributed by atoms with E-state index in [-0.39, 0.29) is 17.9 Å². The van der Waals surface area contributed by atoms with Gasteiger partial charge in [-0.3, -0.25) is 0 Å². The van der Waals surface area contributed by atoms with E-state index in [1.165, 1.54) is 7.11 Å². The first-order valence-electron chi connectivity index (χ1n) is 4.97. The lowest BCUT2D eigenvalue weighted by Crippen LogP contribution is -2.36. The fraction of sp³-hybridized carbons (Fsp3) is 0.200. The van der Waals surface area contributed by atoms with Gasteiger partial charge in [0.2, 0.25) is 5.29 Å². The number of hydrogen-bond donors (Lipinski definition) is 0. The van der Waals surface area contributed by atoms with Crippen LogP contribution in [0.25, 0.3) is 0 Å². The van der Waals surface area contributed by atoms with Gasteiger partial charge >= 0.3 is 16.2 Å². The Bertz CT molecular complexity index is 598. The maximum Gasteiger partial charge on any atom is 0.351 e. The molecule has 0 unspecified atom stereocenters. The molecule has 0 aromatic heterocycles. The number of hydrogen-bond acceptors (Lipinski definition) is 4. The quantitative estimate of drug-likeness (QED) is 0.771. The molecular weight excluding hydrogens is 278 g/mol. The van der Waals surface area contributed by atoms with E-state index < -0.39 is 10.2 Å². The van der Waals surface area contributed by atoms with Gasteiger partial charge in [-0.25, -0.2) is 4.31 Å². The zero-order valence-corrected chi connectivity index (χ0v) is 11.0. The molecule has 0 amide bonds. The summed E-state index contributed by atoms with van der Waals surface area (Å²) >= 11 is 5.83. The molecule has 1 aliphatic heterocycles. The molecule has 0 aliphatic carbocycles. The zero-order chi connectivity index (χ0) is 13.2. The molecule has 2 rings (SSSR count). The van der Waals surface area contributed by atoms with Crippen molar-refractivity contribution >= 4 is 33.1 Å². The van der Waals surface area contributed by atoms with Crippen LogP contribution in [-0.4, -0.2) is 31.1 Å². The normalized spacial score (nSPS) is 18.0. The molecule has 0 saturated carbocycles. The van der Waals surface area contributed by atoms with Gasteiger partial charge in [-0.15, -0.1) is 0 Å². The SMILES string of the molecule is COC1=NS(=O)(=O)N(Cc2ccccc2)C(Cl)=N1. The Balaban J connectivity index is 2.30. The molecular formula is C10H10ClN3O3S. The highest BCUT2D eigenvalue weighted by Gasteiger charge is 2.29. The molecule has 96 valence electrons. The van der Waals surface area contributed by atoms with Crippen LogP contribution in [-0.2, 0) is 21.5 Å². The molecule has 0 atom stereocenters. The van der Waals surface area contributed by atoms with Crippen LogP contribution < -0.4 is 0 Å². The Morgan fingerprint density at radius 2 is 2.00 bits per heavy atom. The molecule has 0 saturated heterocycles. The third kappa shape index (κ3) is 2.62. The molecule has 1 aromatic carbocycles. The summed E-state index contributed by atoms with van der Waals surface area (Å²) < 4.78 is 32.7. The average molecular weight is 288 g/mol. The van der Waals surface area contributed by atoms with Crippen LogP contribution in [0.1, 0.15) is 5.56 Å². The lowest BCUT2D eigenvalue weighted by atomic mass is 10.2. The minimum Gasteiger partial charge on any atom is -0.466 e. The molecule has 1 aromatic rings. The van der Waals surface area contributed by atoms with E-state index in [0.717, 1.165) is 9.87 Å². The van der Waals surface area contributed by atoms with Crippen LogP contribution in [0, 0.1) is 0 Å². The number of ether oxygens (including phenoxy) is 1. The smallest absolute Gasteiger partial charge is 0.351 e. The van der Waals surface area contributed by atoms with Crippen molar-refractivity contribution in [3.8, 4) is 0 Å². The molecule has 8 heteroatoms. The van der Waals surface area contributed by atoms with Crippen molar-refractivity contribution in [2.24, 2.45) is 9.39 Å². The number of methoxy groups -OCH3 is 1. The Morgan fingerprint density at radius 1 is 1.33 bits per heavy atom. The van der Waals surface area contributed by atoms with E-state index in [4.69, 9.17) is 11.6 Å². The Morgan fingerprint density at radius 3 is 2.56 bits per heavy atom. The number of benzene rings is 1. The lowest BCUT2D eigenvalue weighted by molar-refractivity contribution is 0.394. The van der Waals surface area contributed by atoms with Crippen molar-refractivity contribution in [2.45, 2.75) is 6.54 Å². The first kappa shape index (κ1) is 12.8. The van der Waals surface area contributed by atoms with Crippen molar-refractivity contribution in [2.75, 3.05) is 7.11 Å². The molecule has 0 fully saturated rings.